The molecule has 3 nitrogen and oxygen atoms in total. The van der Waals surface area contributed by atoms with Crippen LogP contribution in [0.15, 0.2) is 18.2 Å². The minimum Gasteiger partial charge on any atom is -0.339 e. The number of alkyl halides is 3. The summed E-state index contributed by atoms with van der Waals surface area (Å²) in [5.41, 5.74) is 3.98. The lowest BCUT2D eigenvalue weighted by Crippen LogP contribution is -2.40. The zero-order valence-electron chi connectivity index (χ0n) is 11.7. The molecule has 0 atom stereocenters. The topological polar surface area (TPSA) is 46.3 Å². The van der Waals surface area contributed by atoms with E-state index < -0.39 is 29.0 Å². The van der Waals surface area contributed by atoms with Gasteiger partial charge >= 0.3 is 6.18 Å². The van der Waals surface area contributed by atoms with Crippen LogP contribution in [0.2, 0.25) is 0 Å². The van der Waals surface area contributed by atoms with Gasteiger partial charge in [-0.15, -0.1) is 12.4 Å². The summed E-state index contributed by atoms with van der Waals surface area (Å²) in [5.74, 6) is -1.33. The number of piperidine rings is 1. The van der Waals surface area contributed by atoms with E-state index in [1.807, 2.05) is 0 Å². The molecule has 22 heavy (non-hydrogen) atoms. The third-order valence-electron chi connectivity index (χ3n) is 3.76. The Bertz CT molecular complexity index is 528. The molecule has 1 aliphatic heterocycles. The summed E-state index contributed by atoms with van der Waals surface area (Å²) in [6.07, 6.45) is -3.24. The minimum atomic E-state index is -4.60. The van der Waals surface area contributed by atoms with Crippen LogP contribution < -0.4 is 5.73 Å². The van der Waals surface area contributed by atoms with E-state index in [0.717, 1.165) is 0 Å². The lowest BCUT2D eigenvalue weighted by molar-refractivity contribution is -0.137. The van der Waals surface area contributed by atoms with Gasteiger partial charge in [-0.1, -0.05) is 0 Å². The number of halogens is 5. The Morgan fingerprint density at radius 3 is 2.36 bits per heavy atom. The summed E-state index contributed by atoms with van der Waals surface area (Å²) < 4.78 is 51.6. The number of carbonyl (C=O) groups excluding carboxylic acids is 1. The lowest BCUT2D eigenvalue weighted by Gasteiger charge is -2.31. The van der Waals surface area contributed by atoms with Gasteiger partial charge in [0.1, 0.15) is 5.82 Å². The van der Waals surface area contributed by atoms with Gasteiger partial charge in [-0.25, -0.2) is 4.39 Å². The third kappa shape index (κ3) is 4.10. The van der Waals surface area contributed by atoms with Gasteiger partial charge < -0.3 is 10.6 Å². The van der Waals surface area contributed by atoms with E-state index in [4.69, 9.17) is 5.73 Å². The maximum absolute atomic E-state index is 13.7. The Balaban J connectivity index is 0.00000242. The summed E-state index contributed by atoms with van der Waals surface area (Å²) in [5, 5.41) is 0. The molecule has 0 saturated carbocycles. The number of nitrogens with two attached hydrogens (primary N) is 1. The second kappa shape index (κ2) is 7.28. The number of amides is 1. The average molecular weight is 341 g/mol. The molecular formula is C14H17ClF4N2O. The fourth-order valence-electron chi connectivity index (χ4n) is 2.41. The van der Waals surface area contributed by atoms with Crippen molar-refractivity contribution in [2.24, 2.45) is 11.7 Å². The molecule has 1 amide bonds. The molecule has 0 spiro atoms. The number of carbonyl (C=O) groups is 1. The quantitative estimate of drug-likeness (QED) is 0.841. The number of hydrogen-bond acceptors (Lipinski definition) is 2. The van der Waals surface area contributed by atoms with Crippen LogP contribution in [0.4, 0.5) is 17.6 Å². The maximum atomic E-state index is 13.7. The van der Waals surface area contributed by atoms with Crippen molar-refractivity contribution in [3.8, 4) is 0 Å². The van der Waals surface area contributed by atoms with E-state index in [2.05, 4.69) is 0 Å². The number of nitrogens with zero attached hydrogens (tertiary/aromatic N) is 1. The molecule has 124 valence electrons. The van der Waals surface area contributed by atoms with Crippen molar-refractivity contribution in [2.45, 2.75) is 19.0 Å². The lowest BCUT2D eigenvalue weighted by atomic mass is 9.96. The van der Waals surface area contributed by atoms with E-state index in [0.29, 0.717) is 56.6 Å². The van der Waals surface area contributed by atoms with E-state index in [9.17, 15) is 22.4 Å². The molecule has 8 heteroatoms. The monoisotopic (exact) mass is 340 g/mol. The Kier molecular flexibility index (Phi) is 6.19. The second-order valence-electron chi connectivity index (χ2n) is 5.16. The first-order valence-electron chi connectivity index (χ1n) is 6.69. The molecule has 0 unspecified atom stereocenters. The van der Waals surface area contributed by atoms with Crippen LogP contribution in [0.1, 0.15) is 28.8 Å². The smallest absolute Gasteiger partial charge is 0.339 e. The van der Waals surface area contributed by atoms with Gasteiger partial charge in [0.2, 0.25) is 0 Å². The average Bonchev–Trinajstić information content (AvgIpc) is 2.46. The normalized spacial score (nSPS) is 16.3. The van der Waals surface area contributed by atoms with Crippen LogP contribution >= 0.6 is 12.4 Å². The van der Waals surface area contributed by atoms with E-state index >= 15 is 0 Å². The second-order valence-corrected chi connectivity index (χ2v) is 5.16. The van der Waals surface area contributed by atoms with E-state index in [1.54, 1.807) is 0 Å². The highest BCUT2D eigenvalue weighted by atomic mass is 35.5. The van der Waals surface area contributed by atoms with Gasteiger partial charge in [-0.2, -0.15) is 13.2 Å². The Morgan fingerprint density at radius 1 is 1.27 bits per heavy atom. The van der Waals surface area contributed by atoms with Crippen LogP contribution in [0.5, 0.6) is 0 Å². The van der Waals surface area contributed by atoms with Crippen molar-refractivity contribution in [1.82, 2.24) is 4.90 Å². The van der Waals surface area contributed by atoms with Crippen LogP contribution in [0.25, 0.3) is 0 Å². The molecule has 2 rings (SSSR count). The molecule has 1 aliphatic rings. The number of likely N-dealkylation sites (tertiary alicyclic amines) is 1. The van der Waals surface area contributed by atoms with Crippen molar-refractivity contribution >= 4 is 18.3 Å². The maximum Gasteiger partial charge on any atom is 0.416 e. The zero-order chi connectivity index (χ0) is 15.6. The summed E-state index contributed by atoms with van der Waals surface area (Å²) >= 11 is 0. The molecule has 0 aromatic heterocycles. The molecule has 1 saturated heterocycles. The van der Waals surface area contributed by atoms with Crippen LogP contribution in [0, 0.1) is 11.7 Å². The molecule has 1 fully saturated rings. The predicted molar refractivity (Wildman–Crippen MR) is 76.3 cm³/mol. The van der Waals surface area contributed by atoms with Gasteiger partial charge in [0, 0.05) is 13.1 Å². The first-order valence-corrected chi connectivity index (χ1v) is 6.69. The molecule has 1 aromatic rings. The fourth-order valence-corrected chi connectivity index (χ4v) is 2.41. The summed E-state index contributed by atoms with van der Waals surface area (Å²) in [6.45, 7) is 1.28. The Labute approximate surface area is 131 Å². The van der Waals surface area contributed by atoms with Crippen molar-refractivity contribution in [1.29, 1.82) is 0 Å². The van der Waals surface area contributed by atoms with Crippen molar-refractivity contribution in [3.05, 3.63) is 35.1 Å². The summed E-state index contributed by atoms with van der Waals surface area (Å²) in [7, 11) is 0. The third-order valence-corrected chi connectivity index (χ3v) is 3.76. The highest BCUT2D eigenvalue weighted by Gasteiger charge is 2.33. The molecule has 0 aliphatic carbocycles. The van der Waals surface area contributed by atoms with Crippen molar-refractivity contribution in [2.75, 3.05) is 19.6 Å². The van der Waals surface area contributed by atoms with Crippen molar-refractivity contribution in [3.63, 3.8) is 0 Å². The van der Waals surface area contributed by atoms with E-state index in [-0.39, 0.29) is 12.4 Å². The largest absolute Gasteiger partial charge is 0.416 e. The predicted octanol–water partition coefficient (Wildman–Crippen LogP) is 3.08. The van der Waals surface area contributed by atoms with Gasteiger partial charge in [0.05, 0.1) is 11.1 Å². The standard InChI is InChI=1S/C14H16F4N2O.ClH/c15-12-2-1-10(14(16,17)18)7-11(12)13(21)20-5-3-9(8-19)4-6-20;/h1-2,7,9H,3-6,8,19H2;1H. The number of benzene rings is 1. The Hall–Kier alpha value is -1.34. The first kappa shape index (κ1) is 18.7. The highest BCUT2D eigenvalue weighted by Crippen LogP contribution is 2.31. The molecule has 0 radical (unpaired) electrons. The van der Waals surface area contributed by atoms with Crippen LogP contribution in [-0.2, 0) is 6.18 Å². The fraction of sp³-hybridized carbons (Fsp3) is 0.500. The van der Waals surface area contributed by atoms with Gasteiger partial charge in [0.25, 0.3) is 5.91 Å². The number of rotatable bonds is 2. The first-order chi connectivity index (χ1) is 9.82. The molecule has 1 aromatic carbocycles. The van der Waals surface area contributed by atoms with Crippen molar-refractivity contribution < 1.29 is 22.4 Å². The van der Waals surface area contributed by atoms with Gasteiger partial charge in [0.15, 0.2) is 0 Å². The van der Waals surface area contributed by atoms with Crippen LogP contribution in [0.3, 0.4) is 0 Å². The minimum absolute atomic E-state index is 0. The summed E-state index contributed by atoms with van der Waals surface area (Å²) in [4.78, 5) is 13.6. The molecule has 1 heterocycles. The van der Waals surface area contributed by atoms with E-state index in [1.165, 1.54) is 4.90 Å². The number of hydrogen-bond donors (Lipinski definition) is 1. The molecule has 0 bridgehead atoms. The van der Waals surface area contributed by atoms with Crippen LogP contribution in [-0.4, -0.2) is 30.4 Å². The molecule has 2 N–H and O–H groups in total. The SMILES string of the molecule is Cl.NCC1CCN(C(=O)c2cc(C(F)(F)F)ccc2F)CC1. The summed E-state index contributed by atoms with van der Waals surface area (Å²) in [6, 6.07) is 1.89. The molecular weight excluding hydrogens is 324 g/mol. The zero-order valence-corrected chi connectivity index (χ0v) is 12.5. The van der Waals surface area contributed by atoms with Gasteiger partial charge in [-0.3, -0.25) is 4.79 Å². The highest BCUT2D eigenvalue weighted by molar-refractivity contribution is 5.94. The van der Waals surface area contributed by atoms with Gasteiger partial charge in [-0.05, 0) is 43.5 Å². The Morgan fingerprint density at radius 2 is 1.86 bits per heavy atom.